The molecule has 1 rings (SSSR count). The Labute approximate surface area is 100.0 Å². The van der Waals surface area contributed by atoms with E-state index in [1.807, 2.05) is 5.32 Å². The van der Waals surface area contributed by atoms with E-state index in [4.69, 9.17) is 10.2 Å². The summed E-state index contributed by atoms with van der Waals surface area (Å²) in [6, 6.07) is -2.35. The normalized spacial score (nSPS) is 11.6. The van der Waals surface area contributed by atoms with Crippen LogP contribution in [0.2, 0.25) is 0 Å². The summed E-state index contributed by atoms with van der Waals surface area (Å²) < 4.78 is 4.41. The van der Waals surface area contributed by atoms with Crippen LogP contribution in [0.25, 0.3) is 0 Å². The number of carboxylic acids is 2. The van der Waals surface area contributed by atoms with Crippen molar-refractivity contribution in [1.82, 2.24) is 20.8 Å². The average Bonchev–Trinajstić information content (AvgIpc) is 2.77. The van der Waals surface area contributed by atoms with Crippen LogP contribution in [0, 0.1) is 0 Å². The van der Waals surface area contributed by atoms with Crippen LogP contribution in [0.5, 0.6) is 0 Å². The molecule has 10 nitrogen and oxygen atoms in total. The quantitative estimate of drug-likeness (QED) is 0.495. The van der Waals surface area contributed by atoms with Gasteiger partial charge in [0.1, 0.15) is 6.04 Å². The number of nitrogens with one attached hydrogen (secondary N) is 2. The van der Waals surface area contributed by atoms with Gasteiger partial charge in [0.25, 0.3) is 0 Å². The Kier molecular flexibility index (Phi) is 4.60. The van der Waals surface area contributed by atoms with E-state index in [2.05, 4.69) is 20.0 Å². The number of urea groups is 1. The van der Waals surface area contributed by atoms with Gasteiger partial charge in [0.2, 0.25) is 6.39 Å². The number of carboxylic acid groups (broad SMARTS) is 2. The highest BCUT2D eigenvalue weighted by atomic mass is 16.5. The Morgan fingerprint density at radius 2 is 2.11 bits per heavy atom. The molecule has 0 aliphatic rings. The Hall–Kier alpha value is -2.65. The van der Waals surface area contributed by atoms with Crippen LogP contribution in [0.1, 0.15) is 12.2 Å². The Morgan fingerprint density at radius 3 is 2.61 bits per heavy atom. The zero-order valence-electron chi connectivity index (χ0n) is 8.99. The molecule has 1 heterocycles. The fourth-order valence-corrected chi connectivity index (χ4v) is 1.01. The maximum absolute atomic E-state index is 11.3. The third-order valence-electron chi connectivity index (χ3n) is 1.80. The van der Waals surface area contributed by atoms with Crippen molar-refractivity contribution < 1.29 is 29.1 Å². The molecular weight excluding hydrogens is 248 g/mol. The van der Waals surface area contributed by atoms with Crippen LogP contribution in [0.4, 0.5) is 4.79 Å². The minimum Gasteiger partial charge on any atom is -0.481 e. The van der Waals surface area contributed by atoms with E-state index in [9.17, 15) is 14.4 Å². The van der Waals surface area contributed by atoms with Crippen molar-refractivity contribution in [2.24, 2.45) is 0 Å². The van der Waals surface area contributed by atoms with Gasteiger partial charge in [0, 0.05) is 0 Å². The smallest absolute Gasteiger partial charge is 0.326 e. The zero-order chi connectivity index (χ0) is 13.5. The molecule has 1 unspecified atom stereocenters. The van der Waals surface area contributed by atoms with Gasteiger partial charge in [-0.15, -0.1) is 0 Å². The first kappa shape index (κ1) is 13.4. The molecule has 2 amide bonds. The Bertz CT molecular complexity index is 431. The first-order valence-corrected chi connectivity index (χ1v) is 4.73. The molecule has 0 saturated heterocycles. The van der Waals surface area contributed by atoms with Crippen LogP contribution >= 0.6 is 0 Å². The van der Waals surface area contributed by atoms with Gasteiger partial charge in [-0.1, -0.05) is 5.16 Å². The van der Waals surface area contributed by atoms with Gasteiger partial charge in [-0.2, -0.15) is 4.98 Å². The van der Waals surface area contributed by atoms with E-state index in [-0.39, 0.29) is 12.4 Å². The lowest BCUT2D eigenvalue weighted by Crippen LogP contribution is -2.46. The van der Waals surface area contributed by atoms with Crippen LogP contribution in [0.3, 0.4) is 0 Å². The number of carbonyl (C=O) groups excluding carboxylic acids is 1. The van der Waals surface area contributed by atoms with Crippen molar-refractivity contribution in [3.05, 3.63) is 12.2 Å². The molecule has 1 aromatic rings. The summed E-state index contributed by atoms with van der Waals surface area (Å²) in [4.78, 5) is 35.9. The largest absolute Gasteiger partial charge is 0.481 e. The molecule has 4 N–H and O–H groups in total. The zero-order valence-corrected chi connectivity index (χ0v) is 8.99. The summed E-state index contributed by atoms with van der Waals surface area (Å²) in [5, 5.41) is 24.8. The number of rotatable bonds is 6. The monoisotopic (exact) mass is 258 g/mol. The number of aliphatic carboxylic acids is 2. The highest BCUT2D eigenvalue weighted by Crippen LogP contribution is 1.93. The van der Waals surface area contributed by atoms with E-state index in [1.54, 1.807) is 0 Å². The number of hydrogen-bond acceptors (Lipinski definition) is 6. The summed E-state index contributed by atoms with van der Waals surface area (Å²) in [7, 11) is 0. The van der Waals surface area contributed by atoms with Crippen molar-refractivity contribution >= 4 is 18.0 Å². The molecule has 98 valence electrons. The predicted molar refractivity (Wildman–Crippen MR) is 53.3 cm³/mol. The molecule has 0 spiro atoms. The lowest BCUT2D eigenvalue weighted by Gasteiger charge is -2.12. The molecule has 0 saturated carbocycles. The second-order valence-electron chi connectivity index (χ2n) is 3.16. The molecule has 1 atom stereocenters. The van der Waals surface area contributed by atoms with Crippen molar-refractivity contribution in [1.29, 1.82) is 0 Å². The van der Waals surface area contributed by atoms with E-state index in [0.717, 1.165) is 6.39 Å². The van der Waals surface area contributed by atoms with Crippen molar-refractivity contribution in [2.75, 3.05) is 0 Å². The van der Waals surface area contributed by atoms with Gasteiger partial charge in [0.15, 0.2) is 5.82 Å². The van der Waals surface area contributed by atoms with E-state index in [0.29, 0.717) is 0 Å². The lowest BCUT2D eigenvalue weighted by atomic mass is 10.2. The molecule has 1 aromatic heterocycles. The molecular formula is C8H10N4O6. The Balaban J connectivity index is 2.41. The highest BCUT2D eigenvalue weighted by molar-refractivity contribution is 5.86. The van der Waals surface area contributed by atoms with Gasteiger partial charge >= 0.3 is 18.0 Å². The summed E-state index contributed by atoms with van der Waals surface area (Å²) in [6.07, 6.45) is 0.352. The van der Waals surface area contributed by atoms with Crippen molar-refractivity contribution in [3.8, 4) is 0 Å². The third-order valence-corrected chi connectivity index (χ3v) is 1.80. The van der Waals surface area contributed by atoms with Crippen LogP contribution in [0.15, 0.2) is 10.9 Å². The predicted octanol–water partition coefficient (Wildman–Crippen LogP) is -1.20. The maximum Gasteiger partial charge on any atom is 0.326 e. The molecule has 0 aliphatic heterocycles. The van der Waals surface area contributed by atoms with Crippen LogP contribution < -0.4 is 10.6 Å². The number of hydrogen-bond donors (Lipinski definition) is 4. The lowest BCUT2D eigenvalue weighted by molar-refractivity contribution is -0.145. The number of nitrogens with zero attached hydrogens (tertiary/aromatic N) is 2. The molecule has 0 radical (unpaired) electrons. The van der Waals surface area contributed by atoms with Gasteiger partial charge in [0.05, 0.1) is 13.0 Å². The first-order valence-electron chi connectivity index (χ1n) is 4.73. The molecule has 18 heavy (non-hydrogen) atoms. The first-order chi connectivity index (χ1) is 8.49. The maximum atomic E-state index is 11.3. The van der Waals surface area contributed by atoms with E-state index < -0.39 is 30.4 Å². The molecule has 0 aliphatic carbocycles. The fraction of sp³-hybridized carbons (Fsp3) is 0.375. The molecule has 0 fully saturated rings. The minimum absolute atomic E-state index is 0.0677. The topological polar surface area (TPSA) is 155 Å². The standard InChI is InChI=1S/C8H10N4O6/c13-6(14)1-4(7(15)16)11-8(17)9-2-5-10-3-18-12-5/h3-4H,1-2H2,(H,13,14)(H,15,16)(H2,9,11,17). The second kappa shape index (κ2) is 6.18. The number of aromatic nitrogens is 2. The van der Waals surface area contributed by atoms with Gasteiger partial charge < -0.3 is 25.4 Å². The second-order valence-corrected chi connectivity index (χ2v) is 3.16. The number of carbonyl (C=O) groups is 3. The van der Waals surface area contributed by atoms with Gasteiger partial charge in [-0.3, -0.25) is 4.79 Å². The van der Waals surface area contributed by atoms with Gasteiger partial charge in [-0.25, -0.2) is 9.59 Å². The fourth-order valence-electron chi connectivity index (χ4n) is 1.01. The van der Waals surface area contributed by atoms with Crippen molar-refractivity contribution in [2.45, 2.75) is 19.0 Å². The highest BCUT2D eigenvalue weighted by Gasteiger charge is 2.22. The van der Waals surface area contributed by atoms with Crippen LogP contribution in [-0.4, -0.2) is 44.4 Å². The average molecular weight is 258 g/mol. The summed E-state index contributed by atoms with van der Waals surface area (Å²) >= 11 is 0. The summed E-state index contributed by atoms with van der Waals surface area (Å²) in [6.45, 7) is -0.0677. The molecule has 0 aromatic carbocycles. The van der Waals surface area contributed by atoms with E-state index >= 15 is 0 Å². The minimum atomic E-state index is -1.51. The third kappa shape index (κ3) is 4.47. The SMILES string of the molecule is O=C(O)CC(NC(=O)NCc1ncon1)C(=O)O. The molecule has 0 bridgehead atoms. The van der Waals surface area contributed by atoms with Crippen molar-refractivity contribution in [3.63, 3.8) is 0 Å². The summed E-state index contributed by atoms with van der Waals surface area (Å²) in [5.41, 5.74) is 0. The molecule has 10 heteroatoms. The number of amides is 2. The van der Waals surface area contributed by atoms with Gasteiger partial charge in [-0.05, 0) is 0 Å². The Morgan fingerprint density at radius 1 is 1.39 bits per heavy atom. The van der Waals surface area contributed by atoms with Crippen LogP contribution in [-0.2, 0) is 16.1 Å². The summed E-state index contributed by atoms with van der Waals surface area (Å²) in [5.74, 6) is -2.57. The van der Waals surface area contributed by atoms with E-state index in [1.165, 1.54) is 0 Å².